The molecule has 3 heteroatoms. The molecule has 1 aliphatic rings. The lowest BCUT2D eigenvalue weighted by atomic mass is 10.1. The van der Waals surface area contributed by atoms with E-state index in [0.717, 1.165) is 25.8 Å². The van der Waals surface area contributed by atoms with Gasteiger partial charge in [0.2, 0.25) is 0 Å². The molecule has 1 saturated heterocycles. The van der Waals surface area contributed by atoms with Crippen LogP contribution in [0.2, 0.25) is 0 Å². The minimum Gasteiger partial charge on any atom is -0.392 e. The van der Waals surface area contributed by atoms with Crippen molar-refractivity contribution in [3.63, 3.8) is 0 Å². The van der Waals surface area contributed by atoms with Crippen molar-refractivity contribution in [2.45, 2.75) is 38.3 Å². The van der Waals surface area contributed by atoms with Crippen LogP contribution in [0.1, 0.15) is 26.2 Å². The summed E-state index contributed by atoms with van der Waals surface area (Å²) in [7, 11) is 0. The van der Waals surface area contributed by atoms with Gasteiger partial charge in [0.25, 0.3) is 0 Å². The molecule has 0 aliphatic carbocycles. The minimum atomic E-state index is -0.221. The monoisotopic (exact) mass is 168 g/mol. The predicted octanol–water partition coefficient (Wildman–Crippen LogP) is 0.745. The molecule has 0 bridgehead atoms. The number of aliphatic hydroxyl groups excluding tert-OH is 1. The highest BCUT2D eigenvalue weighted by Gasteiger charge is 2.22. The molecule has 2 atom stereocenters. The van der Waals surface area contributed by atoms with E-state index in [0.29, 0.717) is 6.54 Å². The molecule has 1 aliphatic heterocycles. The first-order valence-corrected chi connectivity index (χ1v) is 4.59. The first-order valence-electron chi connectivity index (χ1n) is 4.59. The number of nitrogens with zero attached hydrogens (tertiary/aromatic N) is 2. The predicted molar refractivity (Wildman–Crippen MR) is 46.5 cm³/mol. The van der Waals surface area contributed by atoms with E-state index in [2.05, 4.69) is 11.0 Å². The van der Waals surface area contributed by atoms with Crippen LogP contribution in [0.3, 0.4) is 0 Å². The van der Waals surface area contributed by atoms with Crippen molar-refractivity contribution in [3.05, 3.63) is 0 Å². The fourth-order valence-corrected chi connectivity index (χ4v) is 1.70. The van der Waals surface area contributed by atoms with Gasteiger partial charge in [-0.25, -0.2) is 0 Å². The lowest BCUT2D eigenvalue weighted by molar-refractivity contribution is 0.0577. The van der Waals surface area contributed by atoms with E-state index >= 15 is 0 Å². The molecule has 0 spiro atoms. The average molecular weight is 168 g/mol. The van der Waals surface area contributed by atoms with E-state index in [-0.39, 0.29) is 12.1 Å². The zero-order valence-electron chi connectivity index (χ0n) is 7.53. The fourth-order valence-electron chi connectivity index (χ4n) is 1.70. The van der Waals surface area contributed by atoms with E-state index in [9.17, 15) is 5.11 Å². The lowest BCUT2D eigenvalue weighted by Crippen LogP contribution is -2.43. The molecular formula is C9H16N2O. The molecular weight excluding hydrogens is 152 g/mol. The van der Waals surface area contributed by atoms with Crippen LogP contribution in [-0.4, -0.2) is 35.2 Å². The number of rotatable bonds is 2. The number of likely N-dealkylation sites (tertiary alicyclic amines) is 1. The maximum Gasteiger partial charge on any atom is 0.0976 e. The molecule has 0 amide bonds. The molecule has 0 aromatic heterocycles. The first-order chi connectivity index (χ1) is 5.77. The molecule has 0 aromatic carbocycles. The van der Waals surface area contributed by atoms with Gasteiger partial charge in [0.1, 0.15) is 0 Å². The summed E-state index contributed by atoms with van der Waals surface area (Å²) < 4.78 is 0. The Morgan fingerprint density at radius 1 is 1.75 bits per heavy atom. The summed E-state index contributed by atoms with van der Waals surface area (Å²) >= 11 is 0. The molecule has 68 valence electrons. The van der Waals surface area contributed by atoms with Gasteiger partial charge < -0.3 is 5.11 Å². The van der Waals surface area contributed by atoms with Crippen molar-refractivity contribution in [3.8, 4) is 6.07 Å². The summed E-state index contributed by atoms with van der Waals surface area (Å²) in [6.07, 6.45) is 2.53. The third-order valence-electron chi connectivity index (χ3n) is 2.40. The average Bonchev–Trinajstić information content (AvgIpc) is 2.07. The Labute approximate surface area is 73.6 Å². The van der Waals surface area contributed by atoms with Gasteiger partial charge >= 0.3 is 0 Å². The fraction of sp³-hybridized carbons (Fsp3) is 0.889. The Morgan fingerprint density at radius 3 is 3.00 bits per heavy atom. The van der Waals surface area contributed by atoms with E-state index < -0.39 is 0 Å². The maximum atomic E-state index is 9.37. The van der Waals surface area contributed by atoms with Crippen molar-refractivity contribution in [2.24, 2.45) is 0 Å². The summed E-state index contributed by atoms with van der Waals surface area (Å²) in [5.74, 6) is 0. The van der Waals surface area contributed by atoms with Gasteiger partial charge in [0, 0.05) is 6.54 Å². The highest BCUT2D eigenvalue weighted by Crippen LogP contribution is 2.13. The summed E-state index contributed by atoms with van der Waals surface area (Å²) in [6.45, 7) is 3.64. The Balaban J connectivity index is 2.45. The van der Waals surface area contributed by atoms with Crippen molar-refractivity contribution < 1.29 is 5.11 Å². The number of hydrogen-bond acceptors (Lipinski definition) is 3. The second-order valence-electron chi connectivity index (χ2n) is 3.34. The number of nitriles is 1. The smallest absolute Gasteiger partial charge is 0.0976 e. The highest BCUT2D eigenvalue weighted by atomic mass is 16.3. The lowest BCUT2D eigenvalue weighted by Gasteiger charge is -2.32. The normalized spacial score (nSPS) is 27.9. The van der Waals surface area contributed by atoms with Gasteiger partial charge in [0.15, 0.2) is 0 Å². The largest absolute Gasteiger partial charge is 0.392 e. The molecule has 1 N–H and O–H groups in total. The Bertz CT molecular complexity index is 176. The van der Waals surface area contributed by atoms with Gasteiger partial charge in [-0.15, -0.1) is 0 Å². The van der Waals surface area contributed by atoms with Crippen molar-refractivity contribution in [2.75, 3.05) is 13.1 Å². The van der Waals surface area contributed by atoms with Crippen LogP contribution in [0.4, 0.5) is 0 Å². The van der Waals surface area contributed by atoms with Gasteiger partial charge in [0.05, 0.1) is 18.2 Å². The number of aliphatic hydroxyl groups is 1. The van der Waals surface area contributed by atoms with Crippen LogP contribution in [0.15, 0.2) is 0 Å². The molecule has 12 heavy (non-hydrogen) atoms. The quantitative estimate of drug-likeness (QED) is 0.661. The topological polar surface area (TPSA) is 47.3 Å². The van der Waals surface area contributed by atoms with E-state index in [1.54, 1.807) is 0 Å². The zero-order valence-corrected chi connectivity index (χ0v) is 7.53. The van der Waals surface area contributed by atoms with Crippen molar-refractivity contribution >= 4 is 0 Å². The second-order valence-corrected chi connectivity index (χ2v) is 3.34. The van der Waals surface area contributed by atoms with E-state index in [4.69, 9.17) is 5.26 Å². The van der Waals surface area contributed by atoms with Crippen LogP contribution >= 0.6 is 0 Å². The van der Waals surface area contributed by atoms with Crippen LogP contribution in [0, 0.1) is 11.3 Å². The third kappa shape index (κ3) is 2.20. The zero-order chi connectivity index (χ0) is 8.97. The van der Waals surface area contributed by atoms with Gasteiger partial charge in [-0.05, 0) is 25.8 Å². The van der Waals surface area contributed by atoms with Crippen LogP contribution in [0.25, 0.3) is 0 Å². The van der Waals surface area contributed by atoms with E-state index in [1.807, 2.05) is 6.92 Å². The Kier molecular flexibility index (Phi) is 3.51. The van der Waals surface area contributed by atoms with Crippen molar-refractivity contribution in [1.29, 1.82) is 5.26 Å². The standard InChI is InChI=1S/C9H16N2O/c1-2-8(6-10)11-5-3-4-9(12)7-11/h8-9,12H,2-5,7H2,1H3. The van der Waals surface area contributed by atoms with E-state index in [1.165, 1.54) is 0 Å². The molecule has 1 heterocycles. The summed E-state index contributed by atoms with van der Waals surface area (Å²) in [6, 6.07) is 2.26. The van der Waals surface area contributed by atoms with Crippen molar-refractivity contribution in [1.82, 2.24) is 4.90 Å². The molecule has 0 aromatic rings. The number of hydrogen-bond donors (Lipinski definition) is 1. The highest BCUT2D eigenvalue weighted by molar-refractivity contribution is 4.92. The molecule has 1 fully saturated rings. The summed E-state index contributed by atoms with van der Waals surface area (Å²) in [4.78, 5) is 2.08. The minimum absolute atomic E-state index is 0.0000463. The van der Waals surface area contributed by atoms with Crippen LogP contribution in [-0.2, 0) is 0 Å². The van der Waals surface area contributed by atoms with Gasteiger partial charge in [-0.3, -0.25) is 4.90 Å². The molecule has 1 rings (SSSR count). The number of β-amino-alcohol motifs (C(OH)–C–C–N with tert-alkyl or cyclic N) is 1. The molecule has 0 radical (unpaired) electrons. The maximum absolute atomic E-state index is 9.37. The van der Waals surface area contributed by atoms with Gasteiger partial charge in [-0.1, -0.05) is 6.92 Å². The molecule has 3 nitrogen and oxygen atoms in total. The van der Waals surface area contributed by atoms with Crippen LogP contribution < -0.4 is 0 Å². The van der Waals surface area contributed by atoms with Crippen LogP contribution in [0.5, 0.6) is 0 Å². The van der Waals surface area contributed by atoms with Gasteiger partial charge in [-0.2, -0.15) is 5.26 Å². The Hall–Kier alpha value is -0.590. The summed E-state index contributed by atoms with van der Waals surface area (Å²) in [5.41, 5.74) is 0. The molecule has 0 saturated carbocycles. The second kappa shape index (κ2) is 4.44. The summed E-state index contributed by atoms with van der Waals surface area (Å²) in [5, 5.41) is 18.2. The third-order valence-corrected chi connectivity index (χ3v) is 2.40. The first kappa shape index (κ1) is 9.50. The molecule has 2 unspecified atom stereocenters. The Morgan fingerprint density at radius 2 is 2.50 bits per heavy atom. The number of piperidine rings is 1. The SMILES string of the molecule is CCC(C#N)N1CCCC(O)C1.